The Morgan fingerprint density at radius 2 is 2.05 bits per heavy atom. The zero-order chi connectivity index (χ0) is 13.5. The van der Waals surface area contributed by atoms with Crippen molar-refractivity contribution in [1.82, 2.24) is 4.90 Å². The van der Waals surface area contributed by atoms with Crippen LogP contribution in [0.1, 0.15) is 12.8 Å². The zero-order valence-corrected chi connectivity index (χ0v) is 11.8. The van der Waals surface area contributed by atoms with Crippen molar-refractivity contribution in [2.45, 2.75) is 12.8 Å². The largest absolute Gasteiger partial charge is 0.493 e. The number of carbonyl (C=O) groups excluding carboxylic acids is 1. The molecule has 0 bridgehead atoms. The summed E-state index contributed by atoms with van der Waals surface area (Å²) in [6.45, 7) is 2.17. The van der Waals surface area contributed by atoms with Crippen LogP contribution in [-0.2, 0) is 4.79 Å². The number of nitrogens with two attached hydrogens (primary N) is 1. The van der Waals surface area contributed by atoms with E-state index in [9.17, 15) is 4.79 Å². The average Bonchev–Trinajstić information content (AvgIpc) is 2.70. The fourth-order valence-corrected chi connectivity index (χ4v) is 2.86. The minimum Gasteiger partial charge on any atom is -0.493 e. The molecule has 0 unspecified atom stereocenters. The lowest BCUT2D eigenvalue weighted by Crippen LogP contribution is -2.33. The van der Waals surface area contributed by atoms with Gasteiger partial charge in [0.25, 0.3) is 0 Å². The Balaban J connectivity index is 1.72. The van der Waals surface area contributed by atoms with Gasteiger partial charge in [0.15, 0.2) is 0 Å². The van der Waals surface area contributed by atoms with Gasteiger partial charge in [0.05, 0.1) is 13.0 Å². The number of nitrogens with zero attached hydrogens (tertiary/aromatic N) is 1. The summed E-state index contributed by atoms with van der Waals surface area (Å²) >= 11 is 1.92. The van der Waals surface area contributed by atoms with E-state index in [0.29, 0.717) is 18.7 Å². The van der Waals surface area contributed by atoms with Gasteiger partial charge in [-0.25, -0.2) is 0 Å². The van der Waals surface area contributed by atoms with Crippen LogP contribution in [0.25, 0.3) is 0 Å². The van der Waals surface area contributed by atoms with Gasteiger partial charge in [0.1, 0.15) is 5.75 Å². The summed E-state index contributed by atoms with van der Waals surface area (Å²) in [7, 11) is 0. The zero-order valence-electron chi connectivity index (χ0n) is 11.0. The van der Waals surface area contributed by atoms with Gasteiger partial charge in [-0.3, -0.25) is 4.79 Å². The molecule has 0 atom stereocenters. The molecule has 19 heavy (non-hydrogen) atoms. The molecule has 0 aromatic heterocycles. The number of ether oxygens (including phenoxy) is 1. The van der Waals surface area contributed by atoms with Crippen molar-refractivity contribution in [1.29, 1.82) is 0 Å². The molecule has 0 radical (unpaired) electrons. The van der Waals surface area contributed by atoms with Crippen LogP contribution < -0.4 is 10.5 Å². The number of rotatable bonds is 4. The van der Waals surface area contributed by atoms with Crippen LogP contribution in [-0.4, -0.2) is 42.0 Å². The molecule has 2 N–H and O–H groups in total. The number of thioether (sulfide) groups is 1. The maximum atomic E-state index is 12.0. The highest BCUT2D eigenvalue weighted by Crippen LogP contribution is 2.14. The van der Waals surface area contributed by atoms with E-state index in [2.05, 4.69) is 0 Å². The van der Waals surface area contributed by atoms with Crippen molar-refractivity contribution in [3.05, 3.63) is 24.3 Å². The van der Waals surface area contributed by atoms with Gasteiger partial charge in [-0.15, -0.1) is 0 Å². The first-order chi connectivity index (χ1) is 9.25. The second kappa shape index (κ2) is 7.28. The van der Waals surface area contributed by atoms with E-state index in [-0.39, 0.29) is 5.91 Å². The van der Waals surface area contributed by atoms with Crippen molar-refractivity contribution < 1.29 is 9.53 Å². The minimum absolute atomic E-state index is 0.193. The molecule has 1 aliphatic rings. The molecule has 5 heteroatoms. The number of hydrogen-bond acceptors (Lipinski definition) is 4. The summed E-state index contributed by atoms with van der Waals surface area (Å²) in [6, 6.07) is 7.23. The standard InChI is InChI=1S/C14H20N2O2S/c15-12-2-4-13(5-3-12)18-9-6-14(17)16-7-1-10-19-11-8-16/h2-5H,1,6-11,15H2. The number of nitrogen functional groups attached to an aromatic ring is 1. The first-order valence-electron chi connectivity index (χ1n) is 6.59. The van der Waals surface area contributed by atoms with Gasteiger partial charge >= 0.3 is 0 Å². The van der Waals surface area contributed by atoms with Crippen LogP contribution >= 0.6 is 11.8 Å². The van der Waals surface area contributed by atoms with Crippen molar-refractivity contribution in [3.63, 3.8) is 0 Å². The lowest BCUT2D eigenvalue weighted by molar-refractivity contribution is -0.131. The highest BCUT2D eigenvalue weighted by Gasteiger charge is 2.15. The summed E-state index contributed by atoms with van der Waals surface area (Å²) in [4.78, 5) is 14.0. The van der Waals surface area contributed by atoms with Crippen LogP contribution in [0.15, 0.2) is 24.3 Å². The molecule has 2 rings (SSSR count). The molecular weight excluding hydrogens is 260 g/mol. The summed E-state index contributed by atoms with van der Waals surface area (Å²) in [5.74, 6) is 3.15. The predicted octanol–water partition coefficient (Wildman–Crippen LogP) is 2.00. The summed E-state index contributed by atoms with van der Waals surface area (Å²) in [5, 5.41) is 0. The molecule has 1 heterocycles. The topological polar surface area (TPSA) is 55.6 Å². The van der Waals surface area contributed by atoms with E-state index < -0.39 is 0 Å². The Morgan fingerprint density at radius 3 is 2.84 bits per heavy atom. The number of anilines is 1. The SMILES string of the molecule is Nc1ccc(OCCC(=O)N2CCCSCC2)cc1. The van der Waals surface area contributed by atoms with Crippen molar-refractivity contribution in [2.75, 3.05) is 36.9 Å². The number of hydrogen-bond donors (Lipinski definition) is 1. The first kappa shape index (κ1) is 14.1. The van der Waals surface area contributed by atoms with Gasteiger partial charge < -0.3 is 15.4 Å². The molecule has 1 saturated heterocycles. The summed E-state index contributed by atoms with van der Waals surface area (Å²) in [6.07, 6.45) is 1.53. The number of carbonyl (C=O) groups is 1. The molecule has 1 aromatic carbocycles. The Hall–Kier alpha value is -1.36. The van der Waals surface area contributed by atoms with Crippen molar-refractivity contribution >= 4 is 23.4 Å². The van der Waals surface area contributed by atoms with E-state index in [0.717, 1.165) is 36.8 Å². The van der Waals surface area contributed by atoms with Crippen LogP contribution in [0.3, 0.4) is 0 Å². The Kier molecular flexibility index (Phi) is 5.39. The van der Waals surface area contributed by atoms with E-state index in [1.807, 2.05) is 28.8 Å². The third-order valence-corrected chi connectivity index (χ3v) is 4.09. The maximum absolute atomic E-state index is 12.0. The molecule has 0 spiro atoms. The highest BCUT2D eigenvalue weighted by atomic mass is 32.2. The Morgan fingerprint density at radius 1 is 1.26 bits per heavy atom. The van der Waals surface area contributed by atoms with Gasteiger partial charge in [0.2, 0.25) is 5.91 Å². The minimum atomic E-state index is 0.193. The van der Waals surface area contributed by atoms with Crippen LogP contribution in [0.5, 0.6) is 5.75 Å². The Bertz CT molecular complexity index is 400. The van der Waals surface area contributed by atoms with E-state index >= 15 is 0 Å². The second-order valence-electron chi connectivity index (χ2n) is 4.51. The van der Waals surface area contributed by atoms with Gasteiger partial charge in [-0.1, -0.05) is 0 Å². The maximum Gasteiger partial charge on any atom is 0.226 e. The van der Waals surface area contributed by atoms with Crippen LogP contribution in [0.2, 0.25) is 0 Å². The molecule has 104 valence electrons. The third-order valence-electron chi connectivity index (χ3n) is 3.04. The number of amides is 1. The second-order valence-corrected chi connectivity index (χ2v) is 5.74. The molecule has 4 nitrogen and oxygen atoms in total. The Labute approximate surface area is 118 Å². The fourth-order valence-electron chi connectivity index (χ4n) is 1.97. The van der Waals surface area contributed by atoms with Crippen molar-refractivity contribution in [3.8, 4) is 5.75 Å². The fraction of sp³-hybridized carbons (Fsp3) is 0.500. The molecule has 1 aromatic rings. The van der Waals surface area contributed by atoms with Crippen molar-refractivity contribution in [2.24, 2.45) is 0 Å². The third kappa shape index (κ3) is 4.67. The lowest BCUT2D eigenvalue weighted by atomic mass is 10.3. The number of benzene rings is 1. The van der Waals surface area contributed by atoms with E-state index in [1.165, 1.54) is 0 Å². The molecule has 1 fully saturated rings. The van der Waals surface area contributed by atoms with E-state index in [1.54, 1.807) is 12.1 Å². The summed E-state index contributed by atoms with van der Waals surface area (Å²) in [5.41, 5.74) is 6.31. The predicted molar refractivity (Wildman–Crippen MR) is 79.5 cm³/mol. The van der Waals surface area contributed by atoms with Crippen LogP contribution in [0.4, 0.5) is 5.69 Å². The molecule has 0 saturated carbocycles. The van der Waals surface area contributed by atoms with Gasteiger partial charge in [-0.2, -0.15) is 11.8 Å². The van der Waals surface area contributed by atoms with Crippen LogP contribution in [0, 0.1) is 0 Å². The monoisotopic (exact) mass is 280 g/mol. The first-order valence-corrected chi connectivity index (χ1v) is 7.75. The highest BCUT2D eigenvalue weighted by molar-refractivity contribution is 7.99. The molecule has 1 amide bonds. The normalized spacial score (nSPS) is 15.9. The molecular formula is C14H20N2O2S. The lowest BCUT2D eigenvalue weighted by Gasteiger charge is -2.19. The van der Waals surface area contributed by atoms with Gasteiger partial charge in [-0.05, 0) is 36.4 Å². The average molecular weight is 280 g/mol. The smallest absolute Gasteiger partial charge is 0.226 e. The van der Waals surface area contributed by atoms with Gasteiger partial charge in [0, 0.05) is 24.5 Å². The quantitative estimate of drug-likeness (QED) is 0.857. The van der Waals surface area contributed by atoms with E-state index in [4.69, 9.17) is 10.5 Å². The molecule has 0 aliphatic carbocycles. The molecule has 1 aliphatic heterocycles. The summed E-state index contributed by atoms with van der Waals surface area (Å²) < 4.78 is 5.55.